The van der Waals surface area contributed by atoms with Crippen LogP contribution in [0, 0.1) is 0 Å². The molecule has 0 bridgehead atoms. The summed E-state index contributed by atoms with van der Waals surface area (Å²) >= 11 is 0. The van der Waals surface area contributed by atoms with Crippen LogP contribution < -0.4 is 5.73 Å². The first kappa shape index (κ1) is 20.4. The second-order valence-corrected chi connectivity index (χ2v) is 7.71. The minimum Gasteiger partial charge on any atom is -0.467 e. The number of rotatable bonds is 2. The molecule has 3 aliphatic rings. The van der Waals surface area contributed by atoms with Crippen LogP contribution >= 0.6 is 0 Å². The highest BCUT2D eigenvalue weighted by molar-refractivity contribution is 5.81. The second kappa shape index (κ2) is 7.03. The summed E-state index contributed by atoms with van der Waals surface area (Å²) < 4.78 is 23.1. The lowest BCUT2D eigenvalue weighted by Crippen LogP contribution is -2.72. The number of aliphatic hydroxyl groups is 4. The first-order valence-corrected chi connectivity index (χ1v) is 9.52. The molecule has 6 N–H and O–H groups in total. The number of carbonyl (C=O) groups excluding carboxylic acids is 1. The minimum atomic E-state index is -2.38. The molecule has 0 aliphatic carbocycles. The molecule has 3 fully saturated rings. The lowest BCUT2D eigenvalue weighted by molar-refractivity contribution is -0.397. The number of ether oxygens (including phenoxy) is 4. The molecule has 3 saturated heterocycles. The maximum atomic E-state index is 11.9. The molecule has 0 aromatic carbocycles. The van der Waals surface area contributed by atoms with Gasteiger partial charge in [0.15, 0.2) is 23.8 Å². The van der Waals surface area contributed by atoms with Crippen LogP contribution in [0.1, 0.15) is 12.6 Å². The van der Waals surface area contributed by atoms with Crippen molar-refractivity contribution in [3.05, 3.63) is 12.7 Å². The van der Waals surface area contributed by atoms with Crippen LogP contribution in [0.25, 0.3) is 11.2 Å². The van der Waals surface area contributed by atoms with E-state index in [1.807, 2.05) is 0 Å². The maximum Gasteiger partial charge on any atom is 0.337 e. The quantitative estimate of drug-likeness (QED) is 0.293. The summed E-state index contributed by atoms with van der Waals surface area (Å²) in [4.78, 5) is 24.0. The Balaban J connectivity index is 1.44. The normalized spacial score (nSPS) is 42.2. The highest BCUT2D eigenvalue weighted by Crippen LogP contribution is 2.46. The van der Waals surface area contributed by atoms with Gasteiger partial charge in [-0.2, -0.15) is 0 Å². The van der Waals surface area contributed by atoms with Gasteiger partial charge >= 0.3 is 5.97 Å². The molecule has 5 rings (SSSR count). The summed E-state index contributed by atoms with van der Waals surface area (Å²) in [5.74, 6) is -3.14. The van der Waals surface area contributed by atoms with Crippen molar-refractivity contribution in [3.8, 4) is 0 Å². The highest BCUT2D eigenvalue weighted by atomic mass is 16.7. The Bertz CT molecular complexity index is 1020. The van der Waals surface area contributed by atoms with Crippen molar-refractivity contribution < 1.29 is 44.2 Å². The number of methoxy groups -OCH3 is 1. The van der Waals surface area contributed by atoms with Gasteiger partial charge in [0.05, 0.1) is 19.5 Å². The van der Waals surface area contributed by atoms with Crippen molar-refractivity contribution in [1.29, 1.82) is 0 Å². The first-order chi connectivity index (χ1) is 14.8. The Morgan fingerprint density at radius 2 is 2.03 bits per heavy atom. The number of hydrogen-bond acceptors (Lipinski definition) is 13. The molecule has 1 unspecified atom stereocenters. The SMILES string of the molecule is COC(=O)[C@H]1O[C@@H]2C[C@H]3OC(n4cnc5c(N)ncnc54)[C@H](O)[C@H]3O[C@@]2(O)[C@@H](O)[C@@H]1O. The van der Waals surface area contributed by atoms with Gasteiger partial charge in [-0.1, -0.05) is 0 Å². The molecule has 2 aromatic rings. The lowest BCUT2D eigenvalue weighted by atomic mass is 9.84. The van der Waals surface area contributed by atoms with Gasteiger partial charge in [-0.05, 0) is 0 Å². The van der Waals surface area contributed by atoms with Crippen LogP contribution in [-0.2, 0) is 23.7 Å². The van der Waals surface area contributed by atoms with Crippen molar-refractivity contribution >= 4 is 23.0 Å². The van der Waals surface area contributed by atoms with Gasteiger partial charge in [-0.15, -0.1) is 0 Å². The molecule has 0 saturated carbocycles. The van der Waals surface area contributed by atoms with Crippen LogP contribution in [0.4, 0.5) is 5.82 Å². The summed E-state index contributed by atoms with van der Waals surface area (Å²) in [5.41, 5.74) is 6.45. The van der Waals surface area contributed by atoms with Gasteiger partial charge < -0.3 is 45.1 Å². The number of nitrogens with zero attached hydrogens (tertiary/aromatic N) is 4. The van der Waals surface area contributed by atoms with Gasteiger partial charge in [0, 0.05) is 6.42 Å². The van der Waals surface area contributed by atoms with E-state index < -0.39 is 60.7 Å². The molecular weight excluding hydrogens is 418 g/mol. The van der Waals surface area contributed by atoms with E-state index in [2.05, 4.69) is 19.7 Å². The van der Waals surface area contributed by atoms with Crippen LogP contribution in [0.3, 0.4) is 0 Å². The zero-order valence-electron chi connectivity index (χ0n) is 16.2. The highest BCUT2D eigenvalue weighted by Gasteiger charge is 2.65. The summed E-state index contributed by atoms with van der Waals surface area (Å²) in [7, 11) is 1.10. The second-order valence-electron chi connectivity index (χ2n) is 7.71. The van der Waals surface area contributed by atoms with Crippen molar-refractivity contribution in [2.75, 3.05) is 12.8 Å². The van der Waals surface area contributed by atoms with Crippen molar-refractivity contribution in [2.45, 2.75) is 61.2 Å². The van der Waals surface area contributed by atoms with E-state index in [1.165, 1.54) is 17.2 Å². The van der Waals surface area contributed by atoms with Gasteiger partial charge in [-0.3, -0.25) is 4.57 Å². The zero-order chi connectivity index (χ0) is 22.1. The van der Waals surface area contributed by atoms with Gasteiger partial charge in [0.1, 0.15) is 42.4 Å². The number of aliphatic hydroxyl groups excluding tert-OH is 3. The average Bonchev–Trinajstić information content (AvgIpc) is 3.31. The third kappa shape index (κ3) is 2.84. The number of imidazole rings is 1. The molecule has 14 heteroatoms. The monoisotopic (exact) mass is 439 g/mol. The largest absolute Gasteiger partial charge is 0.467 e. The van der Waals surface area contributed by atoms with Gasteiger partial charge in [-0.25, -0.2) is 19.7 Å². The fourth-order valence-corrected chi connectivity index (χ4v) is 4.41. The van der Waals surface area contributed by atoms with E-state index in [9.17, 15) is 25.2 Å². The summed E-state index contributed by atoms with van der Waals surface area (Å²) in [6, 6.07) is 0. The van der Waals surface area contributed by atoms with Gasteiger partial charge in [0.25, 0.3) is 0 Å². The van der Waals surface area contributed by atoms with Crippen LogP contribution in [0.5, 0.6) is 0 Å². The topological polar surface area (TPSA) is 205 Å². The van der Waals surface area contributed by atoms with Crippen molar-refractivity contribution in [1.82, 2.24) is 19.5 Å². The van der Waals surface area contributed by atoms with Crippen LogP contribution in [0.15, 0.2) is 12.7 Å². The van der Waals surface area contributed by atoms with E-state index in [1.54, 1.807) is 0 Å². The number of esters is 1. The Labute approximate surface area is 174 Å². The van der Waals surface area contributed by atoms with Crippen LogP contribution in [-0.4, -0.2) is 102 Å². The molecule has 0 radical (unpaired) electrons. The third-order valence-corrected chi connectivity index (χ3v) is 6.01. The molecule has 9 atom stereocenters. The molecule has 3 aliphatic heterocycles. The zero-order valence-corrected chi connectivity index (χ0v) is 16.2. The Kier molecular flexibility index (Phi) is 4.63. The Morgan fingerprint density at radius 3 is 2.77 bits per heavy atom. The third-order valence-electron chi connectivity index (χ3n) is 6.01. The lowest BCUT2D eigenvalue weighted by Gasteiger charge is -2.51. The summed E-state index contributed by atoms with van der Waals surface area (Å²) in [6.45, 7) is 0. The van der Waals surface area contributed by atoms with Gasteiger partial charge in [0.2, 0.25) is 5.79 Å². The molecule has 31 heavy (non-hydrogen) atoms. The smallest absolute Gasteiger partial charge is 0.337 e. The molecule has 5 heterocycles. The summed E-state index contributed by atoms with van der Waals surface area (Å²) in [5, 5.41) is 42.6. The van der Waals surface area contributed by atoms with E-state index in [4.69, 9.17) is 19.9 Å². The molecule has 0 amide bonds. The number of nitrogen functional groups attached to an aromatic ring is 1. The van der Waals surface area contributed by atoms with E-state index in [0.717, 1.165) is 7.11 Å². The number of carbonyl (C=O) groups is 1. The van der Waals surface area contributed by atoms with Crippen LogP contribution in [0.2, 0.25) is 0 Å². The number of anilines is 1. The average molecular weight is 439 g/mol. The molecule has 168 valence electrons. The van der Waals surface area contributed by atoms with E-state index in [-0.39, 0.29) is 12.2 Å². The summed E-state index contributed by atoms with van der Waals surface area (Å²) in [6.07, 6.45) is -8.04. The minimum absolute atomic E-state index is 0.0459. The van der Waals surface area contributed by atoms with E-state index in [0.29, 0.717) is 11.2 Å². The standard InChI is InChI=1S/C17H21N5O9/c1-28-16(26)11-8(23)12(25)17(27)6(30-11)2-5-10(31-17)9(24)15(29-5)22-4-21-7-13(18)19-3-20-14(7)22/h3-6,8-12,15,23-25,27H,2H2,1H3,(H2,18,19,20)/t5-,6-,8-,9-,10+,11+,12+,15?,17-/m1/s1. The fourth-order valence-electron chi connectivity index (χ4n) is 4.41. The predicted octanol–water partition coefficient (Wildman–Crippen LogP) is -3.19. The Hall–Kier alpha value is -2.46. The van der Waals surface area contributed by atoms with Crippen molar-refractivity contribution in [2.24, 2.45) is 0 Å². The fraction of sp³-hybridized carbons (Fsp3) is 0.647. The molecule has 0 spiro atoms. The Morgan fingerprint density at radius 1 is 1.26 bits per heavy atom. The number of aromatic nitrogens is 4. The predicted molar refractivity (Wildman–Crippen MR) is 96.8 cm³/mol. The number of hydrogen-bond donors (Lipinski definition) is 5. The molecular formula is C17H21N5O9. The molecule has 2 aromatic heterocycles. The maximum absolute atomic E-state index is 11.9. The number of fused-ring (bicyclic) bond motifs is 3. The van der Waals surface area contributed by atoms with Crippen molar-refractivity contribution in [3.63, 3.8) is 0 Å². The first-order valence-electron chi connectivity index (χ1n) is 9.52. The number of nitrogens with two attached hydrogens (primary N) is 1. The molecule has 14 nitrogen and oxygen atoms in total. The van der Waals surface area contributed by atoms with E-state index >= 15 is 0 Å².